The molecule has 0 aliphatic carbocycles. The van der Waals surface area contributed by atoms with E-state index in [0.717, 1.165) is 0 Å². The second-order valence-corrected chi connectivity index (χ2v) is 2.54. The van der Waals surface area contributed by atoms with Crippen molar-refractivity contribution in [2.75, 3.05) is 0 Å². The van der Waals surface area contributed by atoms with Crippen LogP contribution >= 0.6 is 0 Å². The van der Waals surface area contributed by atoms with Crippen molar-refractivity contribution in [2.45, 2.75) is 6.92 Å². The summed E-state index contributed by atoms with van der Waals surface area (Å²) in [5.41, 5.74) is 0.211. The highest BCUT2D eigenvalue weighted by atomic mass is 19.1. The first-order chi connectivity index (χ1) is 6.27. The van der Waals surface area contributed by atoms with Gasteiger partial charge in [-0.05, 0) is 19.1 Å². The van der Waals surface area contributed by atoms with Crippen LogP contribution in [-0.4, -0.2) is 10.1 Å². The van der Waals surface area contributed by atoms with Gasteiger partial charge in [-0.1, -0.05) is 17.3 Å². The van der Waals surface area contributed by atoms with Crippen LogP contribution < -0.4 is 0 Å². The average Bonchev–Trinajstić information content (AvgIpc) is 2.53. The average molecular weight is 177 g/mol. The molecule has 0 spiro atoms. The van der Waals surface area contributed by atoms with Crippen molar-refractivity contribution in [3.63, 3.8) is 0 Å². The van der Waals surface area contributed by atoms with Crippen LogP contribution in [0.25, 0.3) is 11.5 Å². The second kappa shape index (κ2) is 2.97. The first kappa shape index (κ1) is 7.91. The monoisotopic (exact) mass is 177 g/mol. The Morgan fingerprint density at radius 3 is 3.00 bits per heavy atom. The Morgan fingerprint density at radius 1 is 1.54 bits per heavy atom. The molecule has 2 aromatic rings. The van der Waals surface area contributed by atoms with Crippen LogP contribution in [0.3, 0.4) is 0 Å². The summed E-state index contributed by atoms with van der Waals surface area (Å²) < 4.78 is 17.9. The predicted molar refractivity (Wildman–Crippen MR) is 43.3 cm³/mol. The van der Waals surface area contributed by atoms with Crippen LogP contribution in [0.1, 0.15) is 5.82 Å². The highest BCUT2D eigenvalue weighted by Gasteiger charge is 2.10. The summed E-state index contributed by atoms with van der Waals surface area (Å²) in [6, 6.07) is 7.17. The van der Waals surface area contributed by atoms with Gasteiger partial charge in [0.15, 0.2) is 5.82 Å². The normalized spacial score (nSPS) is 10.3. The number of hydrogen-bond donors (Lipinski definition) is 0. The van der Waals surface area contributed by atoms with E-state index in [9.17, 15) is 4.39 Å². The fourth-order valence-corrected chi connectivity index (χ4v) is 0.979. The number of aryl methyl sites for hydroxylation is 1. The lowest BCUT2D eigenvalue weighted by molar-refractivity contribution is 0.423. The van der Waals surface area contributed by atoms with Crippen molar-refractivity contribution in [1.29, 1.82) is 0 Å². The summed E-state index contributed by atoms with van der Waals surface area (Å²) in [6.07, 6.45) is 0. The van der Waals surface area contributed by atoms with Gasteiger partial charge >= 0.3 is 0 Å². The number of benzene rings is 1. The van der Waals surface area contributed by atoms with Gasteiger partial charge in [-0.3, -0.25) is 0 Å². The SMILES string of the molecule is Cc1noc(-c2[c]cccc2F)n1. The molecule has 1 radical (unpaired) electrons. The molecule has 2 rings (SSSR count). The van der Waals surface area contributed by atoms with Gasteiger partial charge < -0.3 is 4.52 Å². The standard InChI is InChI=1S/C9H6FN2O/c1-6-11-9(13-12-6)7-4-2-3-5-8(7)10/h2-3,5H,1H3. The second-order valence-electron chi connectivity index (χ2n) is 2.54. The predicted octanol–water partition coefficient (Wildman–Crippen LogP) is 1.98. The number of aromatic nitrogens is 2. The minimum atomic E-state index is -0.411. The van der Waals surface area contributed by atoms with Gasteiger partial charge in [0.1, 0.15) is 5.82 Å². The summed E-state index contributed by atoms with van der Waals surface area (Å²) in [5.74, 6) is 0.230. The van der Waals surface area contributed by atoms with E-state index in [1.165, 1.54) is 6.07 Å². The summed E-state index contributed by atoms with van der Waals surface area (Å²) in [4.78, 5) is 3.89. The molecule has 0 atom stereocenters. The molecular weight excluding hydrogens is 171 g/mol. The first-order valence-electron chi connectivity index (χ1n) is 3.74. The van der Waals surface area contributed by atoms with Gasteiger partial charge in [0.25, 0.3) is 5.89 Å². The molecule has 1 aromatic carbocycles. The molecule has 0 saturated heterocycles. The van der Waals surface area contributed by atoms with Gasteiger partial charge in [0.05, 0.1) is 5.56 Å². The van der Waals surface area contributed by atoms with E-state index in [1.807, 2.05) is 0 Å². The molecule has 0 aliphatic heterocycles. The largest absolute Gasteiger partial charge is 0.334 e. The van der Waals surface area contributed by atoms with Crippen LogP contribution in [-0.2, 0) is 0 Å². The maximum atomic E-state index is 13.1. The summed E-state index contributed by atoms with van der Waals surface area (Å²) in [7, 11) is 0. The van der Waals surface area contributed by atoms with Crippen LogP contribution in [0, 0.1) is 18.8 Å². The topological polar surface area (TPSA) is 38.9 Å². The molecule has 0 unspecified atom stereocenters. The zero-order valence-corrected chi connectivity index (χ0v) is 6.91. The van der Waals surface area contributed by atoms with E-state index in [2.05, 4.69) is 16.2 Å². The van der Waals surface area contributed by atoms with Gasteiger partial charge in [0.2, 0.25) is 0 Å². The Balaban J connectivity index is 2.52. The molecule has 3 nitrogen and oxygen atoms in total. The fraction of sp³-hybridized carbons (Fsp3) is 0.111. The van der Waals surface area contributed by atoms with E-state index in [4.69, 9.17) is 4.52 Å². The Labute approximate surface area is 74.2 Å². The van der Waals surface area contributed by atoms with Crippen LogP contribution in [0.15, 0.2) is 22.7 Å². The number of nitrogens with zero attached hydrogens (tertiary/aromatic N) is 2. The van der Waals surface area contributed by atoms with Gasteiger partial charge in [0, 0.05) is 0 Å². The Kier molecular flexibility index (Phi) is 1.81. The van der Waals surface area contributed by atoms with Crippen molar-refractivity contribution >= 4 is 0 Å². The molecule has 65 valence electrons. The number of rotatable bonds is 1. The molecule has 0 aliphatic rings. The third kappa shape index (κ3) is 1.42. The van der Waals surface area contributed by atoms with Gasteiger partial charge in [-0.2, -0.15) is 4.98 Å². The molecule has 4 heteroatoms. The quantitative estimate of drug-likeness (QED) is 0.668. The summed E-state index contributed by atoms with van der Waals surface area (Å²) >= 11 is 0. The smallest absolute Gasteiger partial charge is 0.261 e. The lowest BCUT2D eigenvalue weighted by atomic mass is 10.2. The fourth-order valence-electron chi connectivity index (χ4n) is 0.979. The third-order valence-corrected chi connectivity index (χ3v) is 1.55. The van der Waals surface area contributed by atoms with E-state index in [0.29, 0.717) is 5.82 Å². The van der Waals surface area contributed by atoms with Crippen molar-refractivity contribution in [3.8, 4) is 11.5 Å². The van der Waals surface area contributed by atoms with Crippen LogP contribution in [0.4, 0.5) is 4.39 Å². The number of halogens is 1. The molecular formula is C9H6FN2O. The van der Waals surface area contributed by atoms with E-state index in [1.54, 1.807) is 19.1 Å². The van der Waals surface area contributed by atoms with E-state index >= 15 is 0 Å². The zero-order chi connectivity index (χ0) is 9.26. The van der Waals surface area contributed by atoms with Crippen molar-refractivity contribution in [3.05, 3.63) is 35.9 Å². The first-order valence-corrected chi connectivity index (χ1v) is 3.74. The Hall–Kier alpha value is -1.71. The zero-order valence-electron chi connectivity index (χ0n) is 6.91. The molecule has 0 amide bonds. The lowest BCUT2D eigenvalue weighted by Gasteiger charge is -1.93. The molecule has 1 aromatic heterocycles. The minimum Gasteiger partial charge on any atom is -0.334 e. The van der Waals surface area contributed by atoms with E-state index in [-0.39, 0.29) is 11.5 Å². The summed E-state index contributed by atoms with van der Waals surface area (Å²) in [5, 5.41) is 3.56. The van der Waals surface area contributed by atoms with Crippen LogP contribution in [0.5, 0.6) is 0 Å². The van der Waals surface area contributed by atoms with Crippen molar-refractivity contribution in [1.82, 2.24) is 10.1 Å². The van der Waals surface area contributed by atoms with Crippen LogP contribution in [0.2, 0.25) is 0 Å². The maximum Gasteiger partial charge on any atom is 0.261 e. The van der Waals surface area contributed by atoms with Gasteiger partial charge in [-0.15, -0.1) is 0 Å². The lowest BCUT2D eigenvalue weighted by Crippen LogP contribution is -1.83. The maximum absolute atomic E-state index is 13.1. The highest BCUT2D eigenvalue weighted by Crippen LogP contribution is 2.19. The third-order valence-electron chi connectivity index (χ3n) is 1.55. The molecule has 0 bridgehead atoms. The Morgan fingerprint density at radius 2 is 2.38 bits per heavy atom. The van der Waals surface area contributed by atoms with Crippen molar-refractivity contribution < 1.29 is 8.91 Å². The molecule has 0 fully saturated rings. The highest BCUT2D eigenvalue weighted by molar-refractivity contribution is 5.52. The number of hydrogen-bond acceptors (Lipinski definition) is 3. The van der Waals surface area contributed by atoms with Crippen molar-refractivity contribution in [2.24, 2.45) is 0 Å². The minimum absolute atomic E-state index is 0.163. The Bertz CT molecular complexity index is 425. The molecule has 1 heterocycles. The molecule has 13 heavy (non-hydrogen) atoms. The molecule has 0 saturated carbocycles. The summed E-state index contributed by atoms with van der Waals surface area (Å²) in [6.45, 7) is 1.67. The van der Waals surface area contributed by atoms with E-state index < -0.39 is 5.82 Å². The molecule has 0 N–H and O–H groups in total. The van der Waals surface area contributed by atoms with Gasteiger partial charge in [-0.25, -0.2) is 4.39 Å².